The SMILES string of the molecule is CCCCCCc1cnc(-c2ccc(OC(=O)c3ccc(CCC)cc3)cc2)nc1. The summed E-state index contributed by atoms with van der Waals surface area (Å²) in [6.07, 6.45) is 11.9. The summed E-state index contributed by atoms with van der Waals surface area (Å²) in [4.78, 5) is 21.3. The normalized spacial score (nSPS) is 10.7. The van der Waals surface area contributed by atoms with Crippen molar-refractivity contribution in [2.24, 2.45) is 0 Å². The third kappa shape index (κ3) is 6.24. The van der Waals surface area contributed by atoms with Crippen LogP contribution in [0.1, 0.15) is 67.4 Å². The number of hydrogen-bond donors (Lipinski definition) is 0. The van der Waals surface area contributed by atoms with E-state index in [1.54, 1.807) is 12.1 Å². The Bertz CT molecular complexity index is 917. The summed E-state index contributed by atoms with van der Waals surface area (Å²) in [6.45, 7) is 4.36. The first-order valence-corrected chi connectivity index (χ1v) is 10.9. The predicted molar refractivity (Wildman–Crippen MR) is 121 cm³/mol. The summed E-state index contributed by atoms with van der Waals surface area (Å²) >= 11 is 0. The minimum atomic E-state index is -0.352. The van der Waals surface area contributed by atoms with Crippen molar-refractivity contribution in [3.63, 3.8) is 0 Å². The number of carbonyl (C=O) groups is 1. The Balaban J connectivity index is 1.57. The highest BCUT2D eigenvalue weighted by Crippen LogP contribution is 2.20. The molecule has 0 aliphatic rings. The summed E-state index contributed by atoms with van der Waals surface area (Å²) in [5.74, 6) is 0.833. The maximum absolute atomic E-state index is 12.4. The van der Waals surface area contributed by atoms with E-state index in [1.807, 2.05) is 48.8 Å². The standard InChI is InChI=1S/C26H30N2O2/c1-3-5-6-7-9-21-18-27-25(28-19-21)22-14-16-24(17-15-22)30-26(29)23-12-10-20(8-4-2)11-13-23/h10-19H,3-9H2,1-2H3. The fraction of sp³-hybridized carbons (Fsp3) is 0.346. The molecule has 4 nitrogen and oxygen atoms in total. The predicted octanol–water partition coefficient (Wildman–Crippen LogP) is 6.44. The van der Waals surface area contributed by atoms with Crippen molar-refractivity contribution in [2.45, 2.75) is 58.8 Å². The van der Waals surface area contributed by atoms with Crippen LogP contribution in [-0.2, 0) is 12.8 Å². The fourth-order valence-corrected chi connectivity index (χ4v) is 3.32. The smallest absolute Gasteiger partial charge is 0.343 e. The Morgan fingerprint density at radius 1 is 0.767 bits per heavy atom. The van der Waals surface area contributed by atoms with Gasteiger partial charge in [-0.2, -0.15) is 0 Å². The second-order valence-corrected chi connectivity index (χ2v) is 7.59. The Labute approximate surface area is 179 Å². The van der Waals surface area contributed by atoms with Crippen molar-refractivity contribution in [1.29, 1.82) is 0 Å². The first-order chi connectivity index (χ1) is 14.7. The van der Waals surface area contributed by atoms with Gasteiger partial charge in [-0.1, -0.05) is 51.7 Å². The van der Waals surface area contributed by atoms with Gasteiger partial charge in [-0.05, 0) is 66.8 Å². The molecule has 156 valence electrons. The number of nitrogens with zero attached hydrogens (tertiary/aromatic N) is 2. The van der Waals surface area contributed by atoms with Gasteiger partial charge in [0.15, 0.2) is 5.82 Å². The summed E-state index contributed by atoms with van der Waals surface area (Å²) in [5, 5.41) is 0. The minimum absolute atomic E-state index is 0.352. The van der Waals surface area contributed by atoms with Gasteiger partial charge in [0, 0.05) is 18.0 Å². The average Bonchev–Trinajstić information content (AvgIpc) is 2.78. The lowest BCUT2D eigenvalue weighted by atomic mass is 10.1. The highest BCUT2D eigenvalue weighted by atomic mass is 16.5. The molecule has 1 aromatic heterocycles. The quantitative estimate of drug-likeness (QED) is 0.222. The number of carbonyl (C=O) groups excluding carboxylic acids is 1. The van der Waals surface area contributed by atoms with E-state index in [1.165, 1.54) is 36.8 Å². The fourth-order valence-electron chi connectivity index (χ4n) is 3.32. The molecular weight excluding hydrogens is 372 g/mol. The minimum Gasteiger partial charge on any atom is -0.423 e. The van der Waals surface area contributed by atoms with Crippen LogP contribution in [0.2, 0.25) is 0 Å². The van der Waals surface area contributed by atoms with Crippen LogP contribution in [0.5, 0.6) is 5.75 Å². The van der Waals surface area contributed by atoms with E-state index in [-0.39, 0.29) is 5.97 Å². The van der Waals surface area contributed by atoms with Crippen LogP contribution in [0, 0.1) is 0 Å². The summed E-state index contributed by atoms with van der Waals surface area (Å²) in [5.41, 5.74) is 3.85. The molecule has 0 fully saturated rings. The first-order valence-electron chi connectivity index (χ1n) is 10.9. The van der Waals surface area contributed by atoms with Crippen LogP contribution in [0.25, 0.3) is 11.4 Å². The number of unbranched alkanes of at least 4 members (excludes halogenated alkanes) is 3. The van der Waals surface area contributed by atoms with Crippen molar-refractivity contribution in [3.8, 4) is 17.1 Å². The largest absolute Gasteiger partial charge is 0.423 e. The van der Waals surface area contributed by atoms with E-state index in [4.69, 9.17) is 4.74 Å². The van der Waals surface area contributed by atoms with Crippen LogP contribution in [0.4, 0.5) is 0 Å². The number of aryl methyl sites for hydroxylation is 2. The van der Waals surface area contributed by atoms with Gasteiger partial charge in [0.2, 0.25) is 0 Å². The van der Waals surface area contributed by atoms with E-state index in [2.05, 4.69) is 23.8 Å². The molecule has 0 aliphatic carbocycles. The van der Waals surface area contributed by atoms with Crippen molar-refractivity contribution in [2.75, 3.05) is 0 Å². The Morgan fingerprint density at radius 2 is 1.47 bits per heavy atom. The highest BCUT2D eigenvalue weighted by molar-refractivity contribution is 5.91. The van der Waals surface area contributed by atoms with Gasteiger partial charge in [-0.25, -0.2) is 14.8 Å². The number of rotatable bonds is 10. The second kappa shape index (κ2) is 11.2. The highest BCUT2D eigenvalue weighted by Gasteiger charge is 2.09. The lowest BCUT2D eigenvalue weighted by Gasteiger charge is -2.07. The maximum atomic E-state index is 12.4. The van der Waals surface area contributed by atoms with Crippen LogP contribution in [0.15, 0.2) is 60.9 Å². The Kier molecular flexibility index (Phi) is 8.13. The monoisotopic (exact) mass is 402 g/mol. The molecule has 3 aromatic rings. The van der Waals surface area contributed by atoms with Crippen molar-refractivity contribution in [1.82, 2.24) is 9.97 Å². The van der Waals surface area contributed by atoms with Crippen LogP contribution in [0.3, 0.4) is 0 Å². The molecular formula is C26H30N2O2. The number of aromatic nitrogens is 2. The van der Waals surface area contributed by atoms with E-state index in [0.717, 1.165) is 24.8 Å². The van der Waals surface area contributed by atoms with Gasteiger partial charge in [-0.15, -0.1) is 0 Å². The third-order valence-electron chi connectivity index (χ3n) is 5.08. The van der Waals surface area contributed by atoms with E-state index in [0.29, 0.717) is 17.1 Å². The van der Waals surface area contributed by atoms with Gasteiger partial charge in [0.05, 0.1) is 5.56 Å². The van der Waals surface area contributed by atoms with Gasteiger partial charge in [-0.3, -0.25) is 0 Å². The zero-order chi connectivity index (χ0) is 21.2. The molecule has 1 heterocycles. The topological polar surface area (TPSA) is 52.1 Å². The third-order valence-corrected chi connectivity index (χ3v) is 5.08. The maximum Gasteiger partial charge on any atom is 0.343 e. The number of esters is 1. The molecule has 2 aromatic carbocycles. The molecule has 0 atom stereocenters. The van der Waals surface area contributed by atoms with Gasteiger partial charge < -0.3 is 4.74 Å². The molecule has 0 aliphatic heterocycles. The van der Waals surface area contributed by atoms with E-state index < -0.39 is 0 Å². The molecule has 0 unspecified atom stereocenters. The van der Waals surface area contributed by atoms with E-state index >= 15 is 0 Å². The lowest BCUT2D eigenvalue weighted by molar-refractivity contribution is 0.0735. The molecule has 0 saturated carbocycles. The Morgan fingerprint density at radius 3 is 2.10 bits per heavy atom. The molecule has 0 spiro atoms. The van der Waals surface area contributed by atoms with Crippen molar-refractivity contribution >= 4 is 5.97 Å². The zero-order valence-electron chi connectivity index (χ0n) is 17.9. The number of ether oxygens (including phenoxy) is 1. The lowest BCUT2D eigenvalue weighted by Crippen LogP contribution is -2.08. The summed E-state index contributed by atoms with van der Waals surface area (Å²) in [6, 6.07) is 14.9. The molecule has 0 N–H and O–H groups in total. The average molecular weight is 403 g/mol. The van der Waals surface area contributed by atoms with Crippen molar-refractivity contribution < 1.29 is 9.53 Å². The summed E-state index contributed by atoms with van der Waals surface area (Å²) < 4.78 is 5.49. The van der Waals surface area contributed by atoms with Gasteiger partial charge in [0.25, 0.3) is 0 Å². The molecule has 3 rings (SSSR count). The van der Waals surface area contributed by atoms with E-state index in [9.17, 15) is 4.79 Å². The number of benzene rings is 2. The van der Waals surface area contributed by atoms with Crippen molar-refractivity contribution in [3.05, 3.63) is 77.6 Å². The summed E-state index contributed by atoms with van der Waals surface area (Å²) in [7, 11) is 0. The van der Waals surface area contributed by atoms with Gasteiger partial charge >= 0.3 is 5.97 Å². The first kappa shape index (κ1) is 21.7. The molecule has 0 amide bonds. The molecule has 0 bridgehead atoms. The van der Waals surface area contributed by atoms with Crippen LogP contribution >= 0.6 is 0 Å². The number of hydrogen-bond acceptors (Lipinski definition) is 4. The molecule has 30 heavy (non-hydrogen) atoms. The van der Waals surface area contributed by atoms with Crippen LogP contribution < -0.4 is 4.74 Å². The molecule has 0 saturated heterocycles. The van der Waals surface area contributed by atoms with Gasteiger partial charge in [0.1, 0.15) is 5.75 Å². The second-order valence-electron chi connectivity index (χ2n) is 7.59. The van der Waals surface area contributed by atoms with Crippen LogP contribution in [-0.4, -0.2) is 15.9 Å². The Hall–Kier alpha value is -3.01. The molecule has 0 radical (unpaired) electrons. The zero-order valence-corrected chi connectivity index (χ0v) is 17.9. The molecule has 4 heteroatoms.